The van der Waals surface area contributed by atoms with Crippen LogP contribution in [0, 0.1) is 0 Å². The summed E-state index contributed by atoms with van der Waals surface area (Å²) in [5.41, 5.74) is 7.50. The number of benzene rings is 4. The van der Waals surface area contributed by atoms with E-state index in [-0.39, 0.29) is 0 Å². The minimum Gasteiger partial charge on any atom is -0.374 e. The Hall–Kier alpha value is -3.56. The van der Waals surface area contributed by atoms with E-state index in [9.17, 15) is 0 Å². The van der Waals surface area contributed by atoms with E-state index in [0.29, 0.717) is 0 Å². The normalized spacial score (nSPS) is 11.8. The molecule has 4 nitrogen and oxygen atoms in total. The zero-order valence-electron chi connectivity index (χ0n) is 26.8. The molecule has 2 aromatic heterocycles. The fourth-order valence-electron chi connectivity index (χ4n) is 5.27. The molecule has 2 heterocycles. The van der Waals surface area contributed by atoms with Crippen LogP contribution in [-0.2, 0) is 14.1 Å². The van der Waals surface area contributed by atoms with Gasteiger partial charge in [0.05, 0.1) is 0 Å². The second-order valence-corrected chi connectivity index (χ2v) is 16.1. The lowest BCUT2D eigenvalue weighted by atomic mass is 10.2. The molecule has 0 aliphatic carbocycles. The van der Waals surface area contributed by atoms with Crippen molar-refractivity contribution in [2.45, 2.75) is 0 Å². The highest BCUT2D eigenvalue weighted by atomic mass is 33.1. The molecule has 0 saturated heterocycles. The van der Waals surface area contributed by atoms with Crippen molar-refractivity contribution in [1.82, 2.24) is 0 Å². The summed E-state index contributed by atoms with van der Waals surface area (Å²) in [7, 11) is 12.6. The fraction of sp³-hybridized carbons (Fsp3) is 0.211. The molecule has 0 aliphatic heterocycles. The Bertz CT molecular complexity index is 1810. The molecule has 8 heteroatoms. The zero-order chi connectivity index (χ0) is 31.9. The van der Waals surface area contributed by atoms with Crippen molar-refractivity contribution >= 4 is 100 Å². The third-order valence-electron chi connectivity index (χ3n) is 8.15. The van der Waals surface area contributed by atoms with E-state index in [0.717, 1.165) is 24.6 Å². The van der Waals surface area contributed by atoms with Gasteiger partial charge >= 0.3 is 0 Å². The highest BCUT2D eigenvalue weighted by molar-refractivity contribution is 8.76. The second kappa shape index (κ2) is 15.4. The van der Waals surface area contributed by atoms with Gasteiger partial charge in [0.25, 0.3) is 10.0 Å². The van der Waals surface area contributed by atoms with E-state index in [1.54, 1.807) is 0 Å². The Morgan fingerprint density at radius 1 is 0.543 bits per heavy atom. The molecular weight excluding hydrogens is 641 g/mol. The summed E-state index contributed by atoms with van der Waals surface area (Å²) in [6.45, 7) is 2.05. The van der Waals surface area contributed by atoms with Crippen LogP contribution in [0.3, 0.4) is 0 Å². The van der Waals surface area contributed by atoms with E-state index in [1.807, 2.05) is 44.3 Å². The number of anilines is 2. The van der Waals surface area contributed by atoms with Crippen LogP contribution < -0.4 is 18.9 Å². The van der Waals surface area contributed by atoms with Crippen molar-refractivity contribution in [3.8, 4) is 0 Å². The number of nitrogens with zero attached hydrogens (tertiary/aromatic N) is 4. The van der Waals surface area contributed by atoms with Crippen LogP contribution in [0.2, 0.25) is 0 Å². The van der Waals surface area contributed by atoms with Gasteiger partial charge in [0.15, 0.2) is 0 Å². The van der Waals surface area contributed by atoms with E-state index in [4.69, 9.17) is 0 Å². The van der Waals surface area contributed by atoms with Gasteiger partial charge in [-0.3, -0.25) is 0 Å². The Labute approximate surface area is 288 Å². The van der Waals surface area contributed by atoms with E-state index in [2.05, 4.69) is 168 Å². The first-order valence-electron chi connectivity index (χ1n) is 15.4. The van der Waals surface area contributed by atoms with Gasteiger partial charge in [-0.1, -0.05) is 92.8 Å². The standard InChI is InChI=1S/C38H40N4S4/c1-39(31-19-13-29(14-20-31)17-23-37-41(3)33-9-5-7-11-35(33)45-37)25-27-43-44-28-26-40(2)32-21-15-30(16-22-32)18-24-38-42(4)34-10-6-8-12-36(34)46-38/h5-24H,25-28H2,1-4H3/q+2. The largest absolute Gasteiger partial charge is 0.374 e. The predicted molar refractivity (Wildman–Crippen MR) is 208 cm³/mol. The predicted octanol–water partition coefficient (Wildman–Crippen LogP) is 9.06. The molecule has 0 amide bonds. The molecule has 6 aromatic rings. The lowest BCUT2D eigenvalue weighted by Gasteiger charge is -2.20. The second-order valence-electron chi connectivity index (χ2n) is 11.3. The molecule has 234 valence electrons. The molecule has 6 rings (SSSR count). The maximum atomic E-state index is 2.34. The zero-order valence-corrected chi connectivity index (χ0v) is 30.1. The summed E-state index contributed by atoms with van der Waals surface area (Å²) in [6.07, 6.45) is 8.85. The summed E-state index contributed by atoms with van der Waals surface area (Å²) >= 11 is 3.65. The van der Waals surface area contributed by atoms with Crippen molar-refractivity contribution in [1.29, 1.82) is 0 Å². The number of aryl methyl sites for hydroxylation is 2. The van der Waals surface area contributed by atoms with E-state index in [1.165, 1.54) is 53.0 Å². The average molecular weight is 681 g/mol. The van der Waals surface area contributed by atoms with Crippen LogP contribution in [0.1, 0.15) is 21.1 Å². The van der Waals surface area contributed by atoms with Gasteiger partial charge in [-0.15, -0.1) is 0 Å². The number of hydrogen-bond donors (Lipinski definition) is 0. The first kappa shape index (κ1) is 32.4. The molecule has 0 fully saturated rings. The van der Waals surface area contributed by atoms with Gasteiger partial charge in [-0.25, -0.2) is 0 Å². The fourth-order valence-corrected chi connectivity index (χ4v) is 9.46. The summed E-state index contributed by atoms with van der Waals surface area (Å²) in [5.74, 6) is 2.18. The highest BCUT2D eigenvalue weighted by Crippen LogP contribution is 2.25. The average Bonchev–Trinajstić information content (AvgIpc) is 3.59. The molecule has 0 saturated carbocycles. The van der Waals surface area contributed by atoms with E-state index >= 15 is 0 Å². The van der Waals surface area contributed by atoms with Gasteiger partial charge in [-0.05, 0) is 59.7 Å². The number of thiazole rings is 2. The smallest absolute Gasteiger partial charge is 0.262 e. The molecule has 4 aromatic carbocycles. The van der Waals surface area contributed by atoms with Gasteiger partial charge in [0.2, 0.25) is 11.0 Å². The van der Waals surface area contributed by atoms with Crippen molar-refractivity contribution in [3.63, 3.8) is 0 Å². The Balaban J connectivity index is 0.899. The number of rotatable bonds is 13. The topological polar surface area (TPSA) is 14.2 Å². The first-order valence-corrected chi connectivity index (χ1v) is 19.6. The van der Waals surface area contributed by atoms with Crippen LogP contribution in [0.15, 0.2) is 97.1 Å². The monoisotopic (exact) mass is 680 g/mol. The summed E-state index contributed by atoms with van der Waals surface area (Å²) < 4.78 is 7.15. The van der Waals surface area contributed by atoms with Gasteiger partial charge in [0.1, 0.15) is 23.5 Å². The molecule has 0 bridgehead atoms. The third-order valence-corrected chi connectivity index (χ3v) is 12.9. The Kier molecular flexibility index (Phi) is 10.8. The van der Waals surface area contributed by atoms with Crippen molar-refractivity contribution in [3.05, 3.63) is 118 Å². The van der Waals surface area contributed by atoms with Crippen LogP contribution in [0.25, 0.3) is 44.7 Å². The third kappa shape index (κ3) is 7.86. The molecule has 0 N–H and O–H groups in total. The van der Waals surface area contributed by atoms with Crippen LogP contribution in [0.5, 0.6) is 0 Å². The van der Waals surface area contributed by atoms with Gasteiger partial charge in [-0.2, -0.15) is 9.13 Å². The Morgan fingerprint density at radius 2 is 0.935 bits per heavy atom. The first-order chi connectivity index (χ1) is 22.5. The molecule has 0 radical (unpaired) electrons. The number of aromatic nitrogens is 2. The number of fused-ring (bicyclic) bond motifs is 2. The molecular formula is C38H40N4S4+2. The minimum absolute atomic E-state index is 1.02. The van der Waals surface area contributed by atoms with Crippen molar-refractivity contribution in [2.75, 3.05) is 48.5 Å². The quantitative estimate of drug-likeness (QED) is 0.0686. The maximum Gasteiger partial charge on any atom is 0.262 e. The number of para-hydroxylation sites is 2. The minimum atomic E-state index is 1.02. The number of hydrogen-bond acceptors (Lipinski definition) is 6. The van der Waals surface area contributed by atoms with Crippen LogP contribution in [0.4, 0.5) is 11.4 Å². The van der Waals surface area contributed by atoms with Gasteiger partial charge < -0.3 is 9.80 Å². The van der Waals surface area contributed by atoms with Crippen molar-refractivity contribution in [2.24, 2.45) is 14.1 Å². The molecule has 0 aliphatic rings. The van der Waals surface area contributed by atoms with E-state index < -0.39 is 0 Å². The van der Waals surface area contributed by atoms with Gasteiger partial charge in [0, 0.05) is 74.4 Å². The SMILES string of the molecule is CN(CCSSCCN(C)c1ccc(/C=C/c2sc3ccccc3[n+]2C)cc1)c1ccc(/C=C/c2sc3ccccc3[n+]2C)cc1. The molecule has 0 unspecified atom stereocenters. The maximum absolute atomic E-state index is 2.34. The lowest BCUT2D eigenvalue weighted by molar-refractivity contribution is -0.642. The highest BCUT2D eigenvalue weighted by Gasteiger charge is 2.14. The van der Waals surface area contributed by atoms with Crippen LogP contribution in [-0.4, -0.2) is 38.7 Å². The molecule has 0 spiro atoms. The van der Waals surface area contributed by atoms with Crippen molar-refractivity contribution < 1.29 is 9.13 Å². The summed E-state index contributed by atoms with van der Waals surface area (Å²) in [5, 5.41) is 2.50. The summed E-state index contributed by atoms with van der Waals surface area (Å²) in [6, 6.07) is 34.9. The molecule has 46 heavy (non-hydrogen) atoms. The summed E-state index contributed by atoms with van der Waals surface area (Å²) in [4.78, 5) is 4.69. The molecule has 0 atom stereocenters. The Morgan fingerprint density at radius 3 is 1.33 bits per heavy atom. The lowest BCUT2D eigenvalue weighted by Crippen LogP contribution is -2.28. The van der Waals surface area contributed by atoms with Crippen LogP contribution >= 0.6 is 44.3 Å².